The Morgan fingerprint density at radius 1 is 1.07 bits per heavy atom. The fourth-order valence-corrected chi connectivity index (χ4v) is 4.27. The minimum atomic E-state index is -0.869. The summed E-state index contributed by atoms with van der Waals surface area (Å²) in [6.07, 6.45) is 5.83. The van der Waals surface area contributed by atoms with Crippen molar-refractivity contribution in [3.63, 3.8) is 0 Å². The van der Waals surface area contributed by atoms with Gasteiger partial charge in [0.1, 0.15) is 0 Å². The number of likely N-dealkylation sites (tertiary alicyclic amines) is 1. The van der Waals surface area contributed by atoms with Gasteiger partial charge in [0.25, 0.3) is 0 Å². The van der Waals surface area contributed by atoms with Crippen LogP contribution in [0.15, 0.2) is 54.7 Å². The molecule has 0 saturated carbocycles. The number of nitrogens with zero attached hydrogens (tertiary/aromatic N) is 1. The van der Waals surface area contributed by atoms with Gasteiger partial charge in [-0.1, -0.05) is 24.3 Å². The van der Waals surface area contributed by atoms with Gasteiger partial charge >= 0.3 is 5.97 Å². The molecule has 1 fully saturated rings. The number of aromatic amines is 1. The second-order valence-electron chi connectivity index (χ2n) is 7.89. The molecule has 5 nitrogen and oxygen atoms in total. The number of hydrogen-bond acceptors (Lipinski definition) is 2. The van der Waals surface area contributed by atoms with Crippen LogP contribution >= 0.6 is 0 Å². The SMILES string of the molecule is O=C(O)c1ccccc1CC1CCN(C(=O)CCc2ccc3[nH]ccc3c2)CC1. The van der Waals surface area contributed by atoms with E-state index in [0.717, 1.165) is 49.9 Å². The first-order chi connectivity index (χ1) is 14.1. The minimum Gasteiger partial charge on any atom is -0.478 e. The summed E-state index contributed by atoms with van der Waals surface area (Å²) in [5, 5.41) is 10.5. The number of aromatic carboxylic acids is 1. The van der Waals surface area contributed by atoms with Crippen molar-refractivity contribution in [2.45, 2.75) is 32.1 Å². The number of nitrogens with one attached hydrogen (secondary N) is 1. The van der Waals surface area contributed by atoms with Crippen LogP contribution in [0.25, 0.3) is 10.9 Å². The average molecular weight is 390 g/mol. The Labute approximate surface area is 170 Å². The zero-order valence-electron chi connectivity index (χ0n) is 16.4. The quantitative estimate of drug-likeness (QED) is 0.660. The highest BCUT2D eigenvalue weighted by atomic mass is 16.4. The Morgan fingerprint density at radius 2 is 1.86 bits per heavy atom. The maximum absolute atomic E-state index is 12.6. The molecule has 2 aromatic carbocycles. The predicted octanol–water partition coefficient (Wildman–Crippen LogP) is 4.28. The average Bonchev–Trinajstić information content (AvgIpc) is 3.21. The number of aromatic nitrogens is 1. The Balaban J connectivity index is 1.28. The second kappa shape index (κ2) is 8.52. The molecule has 0 spiro atoms. The van der Waals surface area contributed by atoms with Crippen LogP contribution < -0.4 is 0 Å². The number of fused-ring (bicyclic) bond motifs is 1. The summed E-state index contributed by atoms with van der Waals surface area (Å²) in [5.74, 6) is -0.231. The van der Waals surface area contributed by atoms with E-state index < -0.39 is 5.97 Å². The molecule has 0 radical (unpaired) electrons. The number of carbonyl (C=O) groups is 2. The molecule has 4 rings (SSSR count). The molecule has 1 aromatic heterocycles. The zero-order chi connectivity index (χ0) is 20.2. The third-order valence-electron chi connectivity index (χ3n) is 5.97. The predicted molar refractivity (Wildman–Crippen MR) is 113 cm³/mol. The summed E-state index contributed by atoms with van der Waals surface area (Å²) in [6, 6.07) is 15.6. The van der Waals surface area contributed by atoms with E-state index >= 15 is 0 Å². The number of carbonyl (C=O) groups excluding carboxylic acids is 1. The van der Waals surface area contributed by atoms with Crippen LogP contribution in [0.2, 0.25) is 0 Å². The van der Waals surface area contributed by atoms with Crippen molar-refractivity contribution in [1.29, 1.82) is 0 Å². The molecule has 0 aliphatic carbocycles. The van der Waals surface area contributed by atoms with Gasteiger partial charge in [0.15, 0.2) is 0 Å². The first kappa shape index (κ1) is 19.2. The normalized spacial score (nSPS) is 15.0. The molecular formula is C24H26N2O3. The summed E-state index contributed by atoms with van der Waals surface area (Å²) in [6.45, 7) is 1.52. The molecule has 1 saturated heterocycles. The van der Waals surface area contributed by atoms with Crippen molar-refractivity contribution >= 4 is 22.8 Å². The molecular weight excluding hydrogens is 364 g/mol. The lowest BCUT2D eigenvalue weighted by Gasteiger charge is -2.32. The molecule has 2 heterocycles. The summed E-state index contributed by atoms with van der Waals surface area (Å²) >= 11 is 0. The van der Waals surface area contributed by atoms with Crippen molar-refractivity contribution in [2.75, 3.05) is 13.1 Å². The number of amides is 1. The fraction of sp³-hybridized carbons (Fsp3) is 0.333. The first-order valence-electron chi connectivity index (χ1n) is 10.2. The Bertz CT molecular complexity index is 1020. The molecule has 1 aliphatic rings. The summed E-state index contributed by atoms with van der Waals surface area (Å²) in [4.78, 5) is 29.2. The maximum Gasteiger partial charge on any atom is 0.335 e. The highest BCUT2D eigenvalue weighted by Crippen LogP contribution is 2.24. The van der Waals surface area contributed by atoms with Crippen LogP contribution in [-0.2, 0) is 17.6 Å². The Morgan fingerprint density at radius 3 is 2.66 bits per heavy atom. The summed E-state index contributed by atoms with van der Waals surface area (Å²) < 4.78 is 0. The Kier molecular flexibility index (Phi) is 5.65. The summed E-state index contributed by atoms with van der Waals surface area (Å²) in [5.41, 5.74) is 3.59. The molecule has 0 bridgehead atoms. The van der Waals surface area contributed by atoms with Crippen molar-refractivity contribution in [1.82, 2.24) is 9.88 Å². The molecule has 1 aliphatic heterocycles. The van der Waals surface area contributed by atoms with Gasteiger partial charge in [-0.3, -0.25) is 4.79 Å². The standard InChI is InChI=1S/C24H26N2O3/c27-23(8-6-17-5-7-22-20(16-17)9-12-25-22)26-13-10-18(11-14-26)15-19-3-1-2-4-21(19)24(28)29/h1-5,7,9,12,16,18,25H,6,8,10-11,13-15H2,(H,28,29). The van der Waals surface area contributed by atoms with Gasteiger partial charge in [-0.05, 0) is 72.4 Å². The number of H-pyrrole nitrogens is 1. The fourth-order valence-electron chi connectivity index (χ4n) is 4.27. The van der Waals surface area contributed by atoms with Gasteiger partial charge in [0.2, 0.25) is 5.91 Å². The number of piperidine rings is 1. The lowest BCUT2D eigenvalue weighted by molar-refractivity contribution is -0.132. The molecule has 1 amide bonds. The smallest absolute Gasteiger partial charge is 0.335 e. The number of benzene rings is 2. The maximum atomic E-state index is 12.6. The molecule has 150 valence electrons. The zero-order valence-corrected chi connectivity index (χ0v) is 16.4. The second-order valence-corrected chi connectivity index (χ2v) is 7.89. The van der Waals surface area contributed by atoms with Crippen molar-refractivity contribution in [3.8, 4) is 0 Å². The van der Waals surface area contributed by atoms with Gasteiger partial charge in [-0.25, -0.2) is 4.79 Å². The molecule has 2 N–H and O–H groups in total. The largest absolute Gasteiger partial charge is 0.478 e. The monoisotopic (exact) mass is 390 g/mol. The number of hydrogen-bond donors (Lipinski definition) is 2. The van der Waals surface area contributed by atoms with Crippen molar-refractivity contribution in [3.05, 3.63) is 71.4 Å². The van der Waals surface area contributed by atoms with Crippen LogP contribution in [-0.4, -0.2) is 40.0 Å². The topological polar surface area (TPSA) is 73.4 Å². The number of rotatable bonds is 6. The van der Waals surface area contributed by atoms with E-state index in [0.29, 0.717) is 17.9 Å². The van der Waals surface area contributed by atoms with Crippen LogP contribution in [0.1, 0.15) is 40.7 Å². The van der Waals surface area contributed by atoms with Gasteiger partial charge in [0, 0.05) is 31.2 Å². The number of carboxylic acid groups (broad SMARTS) is 1. The summed E-state index contributed by atoms with van der Waals surface area (Å²) in [7, 11) is 0. The highest BCUT2D eigenvalue weighted by Gasteiger charge is 2.24. The van der Waals surface area contributed by atoms with E-state index in [1.54, 1.807) is 12.1 Å². The van der Waals surface area contributed by atoms with Crippen LogP contribution in [0.5, 0.6) is 0 Å². The highest BCUT2D eigenvalue weighted by molar-refractivity contribution is 5.89. The molecule has 0 unspecified atom stereocenters. The third-order valence-corrected chi connectivity index (χ3v) is 5.97. The third kappa shape index (κ3) is 4.50. The van der Waals surface area contributed by atoms with E-state index in [4.69, 9.17) is 0 Å². The minimum absolute atomic E-state index is 0.212. The van der Waals surface area contributed by atoms with E-state index in [1.807, 2.05) is 29.3 Å². The van der Waals surface area contributed by atoms with Gasteiger partial charge < -0.3 is 15.0 Å². The van der Waals surface area contributed by atoms with Crippen LogP contribution in [0.4, 0.5) is 0 Å². The van der Waals surface area contributed by atoms with Crippen molar-refractivity contribution < 1.29 is 14.7 Å². The van der Waals surface area contributed by atoms with Crippen molar-refractivity contribution in [2.24, 2.45) is 5.92 Å². The van der Waals surface area contributed by atoms with E-state index in [1.165, 1.54) is 10.9 Å². The number of aryl methyl sites for hydroxylation is 1. The lowest BCUT2D eigenvalue weighted by Crippen LogP contribution is -2.39. The molecule has 3 aromatic rings. The Hall–Kier alpha value is -3.08. The van der Waals surface area contributed by atoms with Crippen LogP contribution in [0, 0.1) is 5.92 Å². The van der Waals surface area contributed by atoms with Gasteiger partial charge in [0.05, 0.1) is 5.56 Å². The molecule has 0 atom stereocenters. The van der Waals surface area contributed by atoms with E-state index in [-0.39, 0.29) is 5.91 Å². The van der Waals surface area contributed by atoms with Gasteiger partial charge in [-0.2, -0.15) is 0 Å². The van der Waals surface area contributed by atoms with Gasteiger partial charge in [-0.15, -0.1) is 0 Å². The number of carboxylic acids is 1. The van der Waals surface area contributed by atoms with Crippen LogP contribution in [0.3, 0.4) is 0 Å². The first-order valence-corrected chi connectivity index (χ1v) is 10.2. The van der Waals surface area contributed by atoms with E-state index in [9.17, 15) is 14.7 Å². The van der Waals surface area contributed by atoms with E-state index in [2.05, 4.69) is 23.2 Å². The molecule has 5 heteroatoms. The lowest BCUT2D eigenvalue weighted by atomic mass is 9.88. The molecule has 29 heavy (non-hydrogen) atoms.